The van der Waals surface area contributed by atoms with Crippen molar-refractivity contribution < 1.29 is 9.84 Å². The van der Waals surface area contributed by atoms with Crippen LogP contribution in [0.4, 0.5) is 0 Å². The van der Waals surface area contributed by atoms with E-state index in [9.17, 15) is 0 Å². The number of morpholine rings is 1. The molecule has 0 bridgehead atoms. The molecule has 2 atom stereocenters. The lowest BCUT2D eigenvalue weighted by Crippen LogP contribution is -2.51. The highest BCUT2D eigenvalue weighted by molar-refractivity contribution is 4.77. The van der Waals surface area contributed by atoms with Crippen LogP contribution in [-0.4, -0.2) is 55.0 Å². The molecule has 4 nitrogen and oxygen atoms in total. The van der Waals surface area contributed by atoms with Crippen molar-refractivity contribution in [3.63, 3.8) is 0 Å². The monoisotopic (exact) mass is 188 g/mol. The molecular formula is C9H20N2O2. The van der Waals surface area contributed by atoms with Crippen LogP contribution in [0.15, 0.2) is 0 Å². The Labute approximate surface area is 79.7 Å². The average molecular weight is 188 g/mol. The second-order valence-corrected chi connectivity index (χ2v) is 3.47. The van der Waals surface area contributed by atoms with Crippen LogP contribution in [0.3, 0.4) is 0 Å². The molecule has 13 heavy (non-hydrogen) atoms. The van der Waals surface area contributed by atoms with Gasteiger partial charge in [0.05, 0.1) is 19.3 Å². The van der Waals surface area contributed by atoms with Crippen molar-refractivity contribution in [2.24, 2.45) is 5.73 Å². The van der Waals surface area contributed by atoms with Crippen molar-refractivity contribution in [1.29, 1.82) is 0 Å². The van der Waals surface area contributed by atoms with Crippen molar-refractivity contribution >= 4 is 0 Å². The number of aliphatic hydroxyl groups is 1. The molecule has 1 saturated heterocycles. The summed E-state index contributed by atoms with van der Waals surface area (Å²) in [6.07, 6.45) is 1.34. The van der Waals surface area contributed by atoms with Crippen LogP contribution < -0.4 is 5.73 Å². The third-order valence-corrected chi connectivity index (χ3v) is 2.62. The molecule has 0 radical (unpaired) electrons. The van der Waals surface area contributed by atoms with Gasteiger partial charge in [0.1, 0.15) is 0 Å². The molecular weight excluding hydrogens is 168 g/mol. The van der Waals surface area contributed by atoms with Crippen molar-refractivity contribution in [2.75, 3.05) is 32.8 Å². The van der Waals surface area contributed by atoms with Gasteiger partial charge in [0.15, 0.2) is 0 Å². The summed E-state index contributed by atoms with van der Waals surface area (Å²) >= 11 is 0. The zero-order valence-corrected chi connectivity index (χ0v) is 8.28. The van der Waals surface area contributed by atoms with Crippen LogP contribution in [0.2, 0.25) is 0 Å². The molecule has 3 N–H and O–H groups in total. The summed E-state index contributed by atoms with van der Waals surface area (Å²) in [4.78, 5) is 2.22. The number of ether oxygens (including phenoxy) is 1. The van der Waals surface area contributed by atoms with Gasteiger partial charge in [-0.1, -0.05) is 6.92 Å². The molecule has 0 spiro atoms. The van der Waals surface area contributed by atoms with Crippen LogP contribution >= 0.6 is 0 Å². The first kappa shape index (κ1) is 10.9. The first-order valence-corrected chi connectivity index (χ1v) is 4.98. The maximum atomic E-state index is 9.07. The minimum absolute atomic E-state index is 0.109. The first-order valence-electron chi connectivity index (χ1n) is 4.98. The minimum Gasteiger partial charge on any atom is -0.395 e. The van der Waals surface area contributed by atoms with E-state index in [-0.39, 0.29) is 12.6 Å². The summed E-state index contributed by atoms with van der Waals surface area (Å²) in [7, 11) is 0. The van der Waals surface area contributed by atoms with Crippen LogP contribution in [0.25, 0.3) is 0 Å². The summed E-state index contributed by atoms with van der Waals surface area (Å²) in [5, 5.41) is 9.07. The zero-order chi connectivity index (χ0) is 9.68. The summed E-state index contributed by atoms with van der Waals surface area (Å²) in [5.41, 5.74) is 5.56. The molecule has 0 aliphatic carbocycles. The molecule has 1 aliphatic heterocycles. The van der Waals surface area contributed by atoms with Gasteiger partial charge in [-0.15, -0.1) is 0 Å². The molecule has 0 amide bonds. The Morgan fingerprint density at radius 3 is 3.00 bits per heavy atom. The summed E-state index contributed by atoms with van der Waals surface area (Å²) < 4.78 is 5.53. The summed E-state index contributed by atoms with van der Waals surface area (Å²) in [5.74, 6) is 0. The Hall–Kier alpha value is -0.160. The third-order valence-electron chi connectivity index (χ3n) is 2.62. The van der Waals surface area contributed by atoms with Gasteiger partial charge in [0, 0.05) is 25.7 Å². The van der Waals surface area contributed by atoms with Gasteiger partial charge in [-0.3, -0.25) is 4.90 Å². The van der Waals surface area contributed by atoms with E-state index in [0.717, 1.165) is 26.1 Å². The number of aliphatic hydroxyl groups excluding tert-OH is 1. The van der Waals surface area contributed by atoms with Crippen LogP contribution in [0, 0.1) is 0 Å². The molecule has 0 aromatic carbocycles. The fraction of sp³-hybridized carbons (Fsp3) is 1.00. The normalized spacial score (nSPS) is 27.5. The van der Waals surface area contributed by atoms with Crippen LogP contribution in [-0.2, 0) is 4.74 Å². The van der Waals surface area contributed by atoms with Crippen molar-refractivity contribution in [3.8, 4) is 0 Å². The molecule has 4 heteroatoms. The van der Waals surface area contributed by atoms with Crippen LogP contribution in [0.5, 0.6) is 0 Å². The summed E-state index contributed by atoms with van der Waals surface area (Å²) in [6, 6.07) is 0.109. The quantitative estimate of drug-likeness (QED) is 0.619. The maximum Gasteiger partial charge on any atom is 0.0700 e. The molecule has 1 rings (SSSR count). The number of nitrogens with zero attached hydrogens (tertiary/aromatic N) is 1. The SMILES string of the molecule is CCC1CN(C(CN)CO)CCO1. The highest BCUT2D eigenvalue weighted by atomic mass is 16.5. The lowest BCUT2D eigenvalue weighted by atomic mass is 10.1. The molecule has 0 aromatic heterocycles. The smallest absolute Gasteiger partial charge is 0.0700 e. The van der Waals surface area contributed by atoms with Gasteiger partial charge < -0.3 is 15.6 Å². The van der Waals surface area contributed by atoms with Crippen molar-refractivity contribution in [1.82, 2.24) is 4.90 Å². The highest BCUT2D eigenvalue weighted by Crippen LogP contribution is 2.10. The van der Waals surface area contributed by atoms with Gasteiger partial charge in [0.2, 0.25) is 0 Å². The van der Waals surface area contributed by atoms with E-state index in [1.54, 1.807) is 0 Å². The molecule has 0 aromatic rings. The molecule has 1 fully saturated rings. The van der Waals surface area contributed by atoms with Crippen LogP contribution in [0.1, 0.15) is 13.3 Å². The Balaban J connectivity index is 2.40. The molecule has 1 heterocycles. The predicted molar refractivity (Wildman–Crippen MR) is 51.5 cm³/mol. The Morgan fingerprint density at radius 2 is 2.46 bits per heavy atom. The fourth-order valence-corrected chi connectivity index (χ4v) is 1.66. The van der Waals surface area contributed by atoms with E-state index in [2.05, 4.69) is 11.8 Å². The number of hydrogen-bond donors (Lipinski definition) is 2. The predicted octanol–water partition coefficient (Wildman–Crippen LogP) is -0.583. The Morgan fingerprint density at radius 1 is 1.69 bits per heavy atom. The number of nitrogens with two attached hydrogens (primary N) is 1. The van der Waals surface area contributed by atoms with E-state index < -0.39 is 0 Å². The number of rotatable bonds is 4. The summed E-state index contributed by atoms with van der Waals surface area (Å²) in [6.45, 7) is 5.33. The van der Waals surface area contributed by atoms with Gasteiger partial charge in [-0.2, -0.15) is 0 Å². The van der Waals surface area contributed by atoms with E-state index in [1.807, 2.05) is 0 Å². The van der Waals surface area contributed by atoms with Crippen molar-refractivity contribution in [2.45, 2.75) is 25.5 Å². The van der Waals surface area contributed by atoms with E-state index in [1.165, 1.54) is 0 Å². The molecule has 0 saturated carbocycles. The van der Waals surface area contributed by atoms with Gasteiger partial charge in [0.25, 0.3) is 0 Å². The molecule has 2 unspecified atom stereocenters. The second-order valence-electron chi connectivity index (χ2n) is 3.47. The second kappa shape index (κ2) is 5.54. The van der Waals surface area contributed by atoms with E-state index >= 15 is 0 Å². The average Bonchev–Trinajstić information content (AvgIpc) is 2.20. The fourth-order valence-electron chi connectivity index (χ4n) is 1.66. The minimum atomic E-state index is 0.109. The van der Waals surface area contributed by atoms with E-state index in [0.29, 0.717) is 12.6 Å². The zero-order valence-electron chi connectivity index (χ0n) is 8.28. The molecule has 1 aliphatic rings. The maximum absolute atomic E-state index is 9.07. The topological polar surface area (TPSA) is 58.7 Å². The van der Waals surface area contributed by atoms with E-state index in [4.69, 9.17) is 15.6 Å². The van der Waals surface area contributed by atoms with Gasteiger partial charge in [-0.05, 0) is 6.42 Å². The Bertz CT molecular complexity index is 140. The first-order chi connectivity index (χ1) is 6.31. The lowest BCUT2D eigenvalue weighted by Gasteiger charge is -2.36. The third kappa shape index (κ3) is 2.91. The molecule has 78 valence electrons. The van der Waals surface area contributed by atoms with Gasteiger partial charge in [-0.25, -0.2) is 0 Å². The highest BCUT2D eigenvalue weighted by Gasteiger charge is 2.23. The Kier molecular flexibility index (Phi) is 4.66. The van der Waals surface area contributed by atoms with Crippen molar-refractivity contribution in [3.05, 3.63) is 0 Å². The van der Waals surface area contributed by atoms with Gasteiger partial charge >= 0.3 is 0 Å². The lowest BCUT2D eigenvalue weighted by molar-refractivity contribution is -0.0500. The number of hydrogen-bond acceptors (Lipinski definition) is 4. The largest absolute Gasteiger partial charge is 0.395 e. The standard InChI is InChI=1S/C9H20N2O2/c1-2-9-6-11(3-4-13-9)8(5-10)7-12/h8-9,12H,2-7,10H2,1H3.